The summed E-state index contributed by atoms with van der Waals surface area (Å²) in [5, 5.41) is 17.3. The van der Waals surface area contributed by atoms with Gasteiger partial charge in [0.1, 0.15) is 11.6 Å². The van der Waals surface area contributed by atoms with Crippen molar-refractivity contribution >= 4 is 6.08 Å². The molecule has 1 N–H and O–H groups in total. The highest BCUT2D eigenvalue weighted by Crippen LogP contribution is 2.20. The third-order valence-corrected chi connectivity index (χ3v) is 1.35. The highest BCUT2D eigenvalue weighted by atomic mass is 19.1. The lowest BCUT2D eigenvalue weighted by atomic mass is 10.2. The number of benzene rings is 1. The van der Waals surface area contributed by atoms with Crippen LogP contribution in [0.15, 0.2) is 24.3 Å². The van der Waals surface area contributed by atoms with Gasteiger partial charge in [-0.25, -0.2) is 4.39 Å². The van der Waals surface area contributed by atoms with Crippen LogP contribution in [0, 0.1) is 17.1 Å². The third-order valence-electron chi connectivity index (χ3n) is 1.35. The van der Waals surface area contributed by atoms with E-state index in [1.54, 1.807) is 6.07 Å². The lowest BCUT2D eigenvalue weighted by Gasteiger charge is -1.98. The topological polar surface area (TPSA) is 44.0 Å². The first-order valence-electron chi connectivity index (χ1n) is 3.29. The number of phenols is 1. The minimum Gasteiger partial charge on any atom is -0.507 e. The fraction of sp³-hybridized carbons (Fsp3) is 0. The van der Waals surface area contributed by atoms with Crippen LogP contribution in [0.4, 0.5) is 4.39 Å². The molecule has 3 heteroatoms. The van der Waals surface area contributed by atoms with E-state index in [9.17, 15) is 4.39 Å². The summed E-state index contributed by atoms with van der Waals surface area (Å²) in [4.78, 5) is 0. The van der Waals surface area contributed by atoms with Crippen LogP contribution in [0.25, 0.3) is 6.08 Å². The predicted molar refractivity (Wildman–Crippen MR) is 42.7 cm³/mol. The highest BCUT2D eigenvalue weighted by Gasteiger charge is 2.02. The van der Waals surface area contributed by atoms with Crippen LogP contribution < -0.4 is 0 Å². The summed E-state index contributed by atoms with van der Waals surface area (Å²) in [7, 11) is 0. The van der Waals surface area contributed by atoms with E-state index in [2.05, 4.69) is 0 Å². The Morgan fingerprint density at radius 3 is 2.83 bits per heavy atom. The molecule has 1 rings (SSSR count). The van der Waals surface area contributed by atoms with Crippen LogP contribution in [0.2, 0.25) is 0 Å². The van der Waals surface area contributed by atoms with E-state index in [0.717, 1.165) is 6.08 Å². The summed E-state index contributed by atoms with van der Waals surface area (Å²) >= 11 is 0. The molecular formula is C9H6FNO. The average Bonchev–Trinajstić information content (AvgIpc) is 2.04. The lowest BCUT2D eigenvalue weighted by Crippen LogP contribution is -1.81. The molecule has 0 aliphatic rings. The summed E-state index contributed by atoms with van der Waals surface area (Å²) < 4.78 is 12.9. The Labute approximate surface area is 69.2 Å². The maximum absolute atomic E-state index is 12.9. The standard InChI is InChI=1S/C9H6FNO/c10-8-4-1-5-9(12)7(8)3-2-6-11/h1-5,12H. The normalized spacial score (nSPS) is 10.0. The molecule has 0 spiro atoms. The minimum atomic E-state index is -0.540. The zero-order valence-corrected chi connectivity index (χ0v) is 6.16. The summed E-state index contributed by atoms with van der Waals surface area (Å²) in [5.74, 6) is -0.706. The molecule has 0 aromatic heterocycles. The van der Waals surface area contributed by atoms with Crippen LogP contribution in [-0.2, 0) is 0 Å². The second kappa shape index (κ2) is 3.54. The van der Waals surface area contributed by atoms with Gasteiger partial charge in [-0.05, 0) is 18.2 Å². The van der Waals surface area contributed by atoms with Crippen molar-refractivity contribution in [3.05, 3.63) is 35.7 Å². The minimum absolute atomic E-state index is 0.0408. The second-order valence-electron chi connectivity index (χ2n) is 2.14. The molecule has 0 radical (unpaired) electrons. The van der Waals surface area contributed by atoms with Crippen molar-refractivity contribution in [3.8, 4) is 11.8 Å². The fourth-order valence-corrected chi connectivity index (χ4v) is 0.811. The van der Waals surface area contributed by atoms with E-state index in [4.69, 9.17) is 10.4 Å². The second-order valence-corrected chi connectivity index (χ2v) is 2.14. The molecule has 0 bridgehead atoms. The Bertz CT molecular complexity index is 332. The molecule has 0 heterocycles. The van der Waals surface area contributed by atoms with Gasteiger partial charge in [0.25, 0.3) is 0 Å². The van der Waals surface area contributed by atoms with E-state index in [0.29, 0.717) is 0 Å². The van der Waals surface area contributed by atoms with Crippen LogP contribution in [0.3, 0.4) is 0 Å². The van der Waals surface area contributed by atoms with Gasteiger partial charge < -0.3 is 5.11 Å². The maximum Gasteiger partial charge on any atom is 0.134 e. The number of allylic oxidation sites excluding steroid dienone is 1. The highest BCUT2D eigenvalue weighted by molar-refractivity contribution is 5.58. The SMILES string of the molecule is N#CC=Cc1c(O)cccc1F. The smallest absolute Gasteiger partial charge is 0.134 e. The van der Waals surface area contributed by atoms with Gasteiger partial charge in [0.2, 0.25) is 0 Å². The Kier molecular flexibility index (Phi) is 2.44. The zero-order chi connectivity index (χ0) is 8.97. The predicted octanol–water partition coefficient (Wildman–Crippen LogP) is 2.07. The molecular weight excluding hydrogens is 157 g/mol. The van der Waals surface area contributed by atoms with E-state index in [1.807, 2.05) is 0 Å². The summed E-state index contributed by atoms with van der Waals surface area (Å²) in [6.45, 7) is 0. The van der Waals surface area contributed by atoms with Crippen molar-refractivity contribution in [1.82, 2.24) is 0 Å². The molecule has 1 aromatic rings. The first kappa shape index (κ1) is 8.28. The van der Waals surface area contributed by atoms with Gasteiger partial charge in [-0.3, -0.25) is 0 Å². The number of halogens is 1. The van der Waals surface area contributed by atoms with Gasteiger partial charge in [0.15, 0.2) is 0 Å². The number of aromatic hydroxyl groups is 1. The van der Waals surface area contributed by atoms with Gasteiger partial charge in [-0.2, -0.15) is 5.26 Å². The molecule has 0 saturated heterocycles. The molecule has 60 valence electrons. The van der Waals surface area contributed by atoms with Crippen LogP contribution in [0.1, 0.15) is 5.56 Å². The van der Waals surface area contributed by atoms with E-state index >= 15 is 0 Å². The monoisotopic (exact) mass is 163 g/mol. The maximum atomic E-state index is 12.9. The number of hydrogen-bond acceptors (Lipinski definition) is 2. The van der Waals surface area contributed by atoms with Gasteiger partial charge in [0.05, 0.1) is 11.6 Å². The molecule has 12 heavy (non-hydrogen) atoms. The summed E-state index contributed by atoms with van der Waals surface area (Å²) in [5.41, 5.74) is 0.0408. The van der Waals surface area contributed by atoms with E-state index < -0.39 is 5.82 Å². The molecule has 2 nitrogen and oxygen atoms in total. The van der Waals surface area contributed by atoms with Crippen LogP contribution >= 0.6 is 0 Å². The Morgan fingerprint density at radius 2 is 2.25 bits per heavy atom. The lowest BCUT2D eigenvalue weighted by molar-refractivity contribution is 0.467. The van der Waals surface area contributed by atoms with E-state index in [-0.39, 0.29) is 11.3 Å². The Balaban J connectivity index is 3.15. The molecule has 1 aromatic carbocycles. The van der Waals surface area contributed by atoms with Gasteiger partial charge in [-0.1, -0.05) is 6.07 Å². The number of hydrogen-bond donors (Lipinski definition) is 1. The molecule has 0 saturated carbocycles. The Morgan fingerprint density at radius 1 is 1.50 bits per heavy atom. The van der Waals surface area contributed by atoms with Crippen LogP contribution in [0.5, 0.6) is 5.75 Å². The number of phenolic OH excluding ortho intramolecular Hbond substituents is 1. The van der Waals surface area contributed by atoms with Gasteiger partial charge >= 0.3 is 0 Å². The third kappa shape index (κ3) is 1.61. The molecule has 0 atom stereocenters. The summed E-state index contributed by atoms with van der Waals surface area (Å²) in [6, 6.07) is 5.69. The molecule has 0 unspecified atom stereocenters. The number of rotatable bonds is 1. The van der Waals surface area contributed by atoms with Crippen molar-refractivity contribution in [2.24, 2.45) is 0 Å². The Hall–Kier alpha value is -1.82. The summed E-state index contributed by atoms with van der Waals surface area (Å²) in [6.07, 6.45) is 2.34. The first-order chi connectivity index (χ1) is 5.75. The van der Waals surface area contributed by atoms with Crippen molar-refractivity contribution in [2.75, 3.05) is 0 Å². The van der Waals surface area contributed by atoms with Crippen molar-refractivity contribution in [2.45, 2.75) is 0 Å². The van der Waals surface area contributed by atoms with Crippen molar-refractivity contribution < 1.29 is 9.50 Å². The number of nitrogens with zero attached hydrogens (tertiary/aromatic N) is 1. The average molecular weight is 163 g/mol. The van der Waals surface area contributed by atoms with E-state index in [1.165, 1.54) is 24.3 Å². The van der Waals surface area contributed by atoms with Crippen molar-refractivity contribution in [1.29, 1.82) is 5.26 Å². The number of nitriles is 1. The largest absolute Gasteiger partial charge is 0.507 e. The van der Waals surface area contributed by atoms with Crippen molar-refractivity contribution in [3.63, 3.8) is 0 Å². The zero-order valence-electron chi connectivity index (χ0n) is 6.16. The molecule has 0 aliphatic heterocycles. The van der Waals surface area contributed by atoms with Gasteiger partial charge in [0, 0.05) is 6.08 Å². The quantitative estimate of drug-likeness (QED) is 0.644. The first-order valence-corrected chi connectivity index (χ1v) is 3.29. The molecule has 0 fully saturated rings. The fourth-order valence-electron chi connectivity index (χ4n) is 0.811. The molecule has 0 amide bonds. The van der Waals surface area contributed by atoms with Gasteiger partial charge in [-0.15, -0.1) is 0 Å². The molecule has 0 aliphatic carbocycles. The van der Waals surface area contributed by atoms with Crippen LogP contribution in [-0.4, -0.2) is 5.11 Å².